The Hall–Kier alpha value is -1.43. The van der Waals surface area contributed by atoms with Gasteiger partial charge in [-0.2, -0.15) is 0 Å². The molecule has 3 nitrogen and oxygen atoms in total. The van der Waals surface area contributed by atoms with Crippen molar-refractivity contribution in [3.05, 3.63) is 81.3 Å². The summed E-state index contributed by atoms with van der Waals surface area (Å²) in [5, 5.41) is 0. The van der Waals surface area contributed by atoms with Crippen molar-refractivity contribution in [1.82, 2.24) is 4.90 Å². The van der Waals surface area contributed by atoms with Crippen molar-refractivity contribution in [2.24, 2.45) is 0 Å². The Labute approximate surface area is 164 Å². The van der Waals surface area contributed by atoms with Crippen LogP contribution in [-0.2, 0) is 9.53 Å². The number of rotatable bonds is 4. The van der Waals surface area contributed by atoms with Crippen LogP contribution in [0.25, 0.3) is 0 Å². The molecule has 3 rings (SSSR count). The second kappa shape index (κ2) is 7.85. The summed E-state index contributed by atoms with van der Waals surface area (Å²) in [7, 11) is 1.85. The van der Waals surface area contributed by atoms with E-state index in [4.69, 9.17) is 4.74 Å². The van der Waals surface area contributed by atoms with Crippen LogP contribution in [0.5, 0.6) is 0 Å². The van der Waals surface area contributed by atoms with Crippen molar-refractivity contribution in [3.8, 4) is 0 Å². The van der Waals surface area contributed by atoms with Crippen molar-refractivity contribution in [2.75, 3.05) is 7.05 Å². The van der Waals surface area contributed by atoms with Crippen LogP contribution < -0.4 is 0 Å². The number of nitrogens with zero attached hydrogens (tertiary/aromatic N) is 1. The summed E-state index contributed by atoms with van der Waals surface area (Å²) in [5.41, 5.74) is 2.09. The van der Waals surface area contributed by atoms with Crippen LogP contribution in [0, 0.1) is 0 Å². The quantitative estimate of drug-likeness (QED) is 0.564. The van der Waals surface area contributed by atoms with Crippen LogP contribution >= 0.6 is 31.9 Å². The van der Waals surface area contributed by atoms with Gasteiger partial charge in [-0.05, 0) is 35.4 Å². The first kappa shape index (κ1) is 18.4. The topological polar surface area (TPSA) is 29.5 Å². The Kier molecular flexibility index (Phi) is 5.77. The molecule has 1 aliphatic rings. The third-order valence-electron chi connectivity index (χ3n) is 4.43. The number of ether oxygens (including phenoxy) is 1. The Morgan fingerprint density at radius 3 is 2.08 bits per heavy atom. The maximum Gasteiger partial charge on any atom is 0.252 e. The number of halogens is 2. The number of carbonyl (C=O) groups excluding carboxylic acids is 1. The number of amides is 1. The van der Waals surface area contributed by atoms with Crippen LogP contribution in [0.1, 0.15) is 29.7 Å². The Morgan fingerprint density at radius 1 is 1.04 bits per heavy atom. The number of morpholine rings is 1. The first-order valence-corrected chi connectivity index (χ1v) is 9.64. The fourth-order valence-electron chi connectivity index (χ4n) is 3.16. The van der Waals surface area contributed by atoms with Crippen molar-refractivity contribution < 1.29 is 9.53 Å². The van der Waals surface area contributed by atoms with Gasteiger partial charge in [-0.3, -0.25) is 4.79 Å². The second-order valence-electron chi connectivity index (χ2n) is 6.07. The molecule has 0 unspecified atom stereocenters. The molecule has 130 valence electrons. The summed E-state index contributed by atoms with van der Waals surface area (Å²) in [4.78, 5) is 14.5. The molecular weight excluding hydrogens is 446 g/mol. The summed E-state index contributed by atoms with van der Waals surface area (Å²) in [6.45, 7) is 3.75. The highest BCUT2D eigenvalue weighted by atomic mass is 79.9. The van der Waals surface area contributed by atoms with E-state index in [2.05, 4.69) is 38.4 Å². The van der Waals surface area contributed by atoms with Gasteiger partial charge >= 0.3 is 0 Å². The summed E-state index contributed by atoms with van der Waals surface area (Å²) in [5.74, 6) is -0.0128. The van der Waals surface area contributed by atoms with Crippen molar-refractivity contribution in [3.63, 3.8) is 0 Å². The molecule has 0 saturated carbocycles. The number of hydrogen-bond acceptors (Lipinski definition) is 2. The minimum absolute atomic E-state index is 0.0128. The second-order valence-corrected chi connectivity index (χ2v) is 7.90. The van der Waals surface area contributed by atoms with E-state index in [-0.39, 0.29) is 18.1 Å². The van der Waals surface area contributed by atoms with E-state index in [1.165, 1.54) is 0 Å². The zero-order valence-corrected chi connectivity index (χ0v) is 17.0. The lowest BCUT2D eigenvalue weighted by Crippen LogP contribution is -2.48. The number of benzene rings is 2. The maximum atomic E-state index is 12.7. The number of likely N-dealkylation sites (N-methyl/N-ethyl adjacent to an activating group) is 1. The van der Waals surface area contributed by atoms with E-state index >= 15 is 0 Å². The molecule has 0 radical (unpaired) electrons. The smallest absolute Gasteiger partial charge is 0.252 e. The number of carbonyl (C=O) groups is 1. The average Bonchev–Trinajstić information content (AvgIpc) is 2.61. The standard InChI is InChI=1S/C20H19Br2NO2/c1-3-4-17-20(24)23(2)18(13-5-9-15(21)10-6-13)19(25-17)14-7-11-16(22)12-8-14/h3,5-12,17-19H,1,4H2,2H3/t17-,18+,19-/m0/s1. The normalized spacial score (nSPS) is 23.6. The van der Waals surface area contributed by atoms with Gasteiger partial charge in [-0.1, -0.05) is 62.2 Å². The van der Waals surface area contributed by atoms with E-state index in [1.807, 2.05) is 55.6 Å². The molecule has 2 aromatic carbocycles. The fourth-order valence-corrected chi connectivity index (χ4v) is 3.68. The highest BCUT2D eigenvalue weighted by Crippen LogP contribution is 2.42. The zero-order chi connectivity index (χ0) is 18.0. The van der Waals surface area contributed by atoms with Gasteiger partial charge in [0.1, 0.15) is 12.2 Å². The van der Waals surface area contributed by atoms with Crippen molar-refractivity contribution in [1.29, 1.82) is 0 Å². The molecule has 0 bridgehead atoms. The molecule has 1 fully saturated rings. The average molecular weight is 465 g/mol. The molecule has 0 spiro atoms. The fraction of sp³-hybridized carbons (Fsp3) is 0.250. The highest BCUT2D eigenvalue weighted by molar-refractivity contribution is 9.10. The summed E-state index contributed by atoms with van der Waals surface area (Å²) in [6, 6.07) is 15.9. The van der Waals surface area contributed by atoms with Gasteiger partial charge in [0.2, 0.25) is 0 Å². The van der Waals surface area contributed by atoms with Gasteiger partial charge in [-0.25, -0.2) is 0 Å². The SMILES string of the molecule is C=CC[C@@H]1O[C@@H](c2ccc(Br)cc2)[C@@H](c2ccc(Br)cc2)N(C)C1=O. The molecule has 1 aliphatic heterocycles. The van der Waals surface area contributed by atoms with Crippen LogP contribution in [0.2, 0.25) is 0 Å². The lowest BCUT2D eigenvalue weighted by molar-refractivity contribution is -0.170. The van der Waals surface area contributed by atoms with Gasteiger partial charge in [0.15, 0.2) is 0 Å². The molecule has 0 aromatic heterocycles. The minimum Gasteiger partial charge on any atom is -0.358 e. The van der Waals surface area contributed by atoms with Gasteiger partial charge in [0.05, 0.1) is 6.04 Å². The van der Waals surface area contributed by atoms with Crippen LogP contribution in [0.3, 0.4) is 0 Å². The molecule has 1 amide bonds. The zero-order valence-electron chi connectivity index (χ0n) is 13.9. The molecular formula is C20H19Br2NO2. The summed E-state index contributed by atoms with van der Waals surface area (Å²) < 4.78 is 8.26. The molecule has 1 saturated heterocycles. The predicted molar refractivity (Wildman–Crippen MR) is 106 cm³/mol. The maximum absolute atomic E-state index is 12.7. The van der Waals surface area contributed by atoms with E-state index in [0.717, 1.165) is 20.1 Å². The van der Waals surface area contributed by atoms with Crippen molar-refractivity contribution in [2.45, 2.75) is 24.7 Å². The van der Waals surface area contributed by atoms with Crippen molar-refractivity contribution >= 4 is 37.8 Å². The molecule has 1 heterocycles. The molecule has 3 atom stereocenters. The van der Waals surface area contributed by atoms with Gasteiger partial charge < -0.3 is 9.64 Å². The first-order chi connectivity index (χ1) is 12.0. The highest BCUT2D eigenvalue weighted by Gasteiger charge is 2.41. The Morgan fingerprint density at radius 2 is 1.56 bits per heavy atom. The lowest BCUT2D eigenvalue weighted by atomic mass is 9.92. The predicted octanol–water partition coefficient (Wildman–Crippen LogP) is 5.43. The van der Waals surface area contributed by atoms with Gasteiger partial charge in [-0.15, -0.1) is 6.58 Å². The van der Waals surface area contributed by atoms with E-state index in [1.54, 1.807) is 11.0 Å². The van der Waals surface area contributed by atoms with Gasteiger partial charge in [0.25, 0.3) is 5.91 Å². The van der Waals surface area contributed by atoms with Gasteiger partial charge in [0, 0.05) is 22.4 Å². The third kappa shape index (κ3) is 3.89. The van der Waals surface area contributed by atoms with Crippen LogP contribution in [0.4, 0.5) is 0 Å². The first-order valence-electron chi connectivity index (χ1n) is 8.05. The van der Waals surface area contributed by atoms with E-state index < -0.39 is 6.10 Å². The third-order valence-corrected chi connectivity index (χ3v) is 5.49. The van der Waals surface area contributed by atoms with Crippen LogP contribution in [-0.4, -0.2) is 24.0 Å². The molecule has 2 aromatic rings. The summed E-state index contributed by atoms with van der Waals surface area (Å²) >= 11 is 6.94. The number of hydrogen-bond donors (Lipinski definition) is 0. The molecule has 5 heteroatoms. The lowest BCUT2D eigenvalue weighted by Gasteiger charge is -2.43. The summed E-state index contributed by atoms with van der Waals surface area (Å²) in [6.07, 6.45) is 1.50. The Bertz CT molecular complexity index is 758. The molecule has 25 heavy (non-hydrogen) atoms. The Balaban J connectivity index is 2.03. The molecule has 0 aliphatic carbocycles. The van der Waals surface area contributed by atoms with Crippen LogP contribution in [0.15, 0.2) is 70.1 Å². The minimum atomic E-state index is -0.497. The monoisotopic (exact) mass is 463 g/mol. The van der Waals surface area contributed by atoms with E-state index in [0.29, 0.717) is 6.42 Å². The molecule has 0 N–H and O–H groups in total. The van der Waals surface area contributed by atoms with E-state index in [9.17, 15) is 4.79 Å². The largest absolute Gasteiger partial charge is 0.358 e.